The van der Waals surface area contributed by atoms with Crippen LogP contribution in [0.5, 0.6) is 0 Å². The summed E-state index contributed by atoms with van der Waals surface area (Å²) < 4.78 is 39.1. The van der Waals surface area contributed by atoms with Gasteiger partial charge < -0.3 is 5.32 Å². The lowest BCUT2D eigenvalue weighted by Crippen LogP contribution is -2.22. The van der Waals surface area contributed by atoms with E-state index in [0.717, 1.165) is 16.9 Å². The second-order valence-electron chi connectivity index (χ2n) is 5.22. The minimum atomic E-state index is -4.65. The van der Waals surface area contributed by atoms with Crippen LogP contribution in [0.2, 0.25) is 5.02 Å². The number of hydrogen-bond acceptors (Lipinski definition) is 4. The van der Waals surface area contributed by atoms with Crippen LogP contribution in [-0.4, -0.2) is 26.1 Å². The Morgan fingerprint density at radius 3 is 2.54 bits per heavy atom. The van der Waals surface area contributed by atoms with Crippen LogP contribution in [0.1, 0.15) is 5.56 Å². The molecule has 2 aromatic carbocycles. The van der Waals surface area contributed by atoms with Gasteiger partial charge in [-0.1, -0.05) is 48.0 Å². The molecule has 134 valence electrons. The average Bonchev–Trinajstić information content (AvgIpc) is 3.05. The molecule has 3 aromatic rings. The van der Waals surface area contributed by atoms with Crippen LogP contribution in [0.15, 0.2) is 48.5 Å². The molecular weight excluding hydrogens is 371 g/mol. The number of carbonyl (C=O) groups is 1. The molecule has 10 heteroatoms. The van der Waals surface area contributed by atoms with Gasteiger partial charge in [-0.2, -0.15) is 18.0 Å². The third kappa shape index (κ3) is 3.99. The number of nitrogens with zero attached hydrogens (tertiary/aromatic N) is 4. The van der Waals surface area contributed by atoms with Crippen LogP contribution in [0.3, 0.4) is 0 Å². The van der Waals surface area contributed by atoms with Gasteiger partial charge in [-0.05, 0) is 17.3 Å². The number of tetrazole rings is 1. The predicted molar refractivity (Wildman–Crippen MR) is 88.3 cm³/mol. The molecule has 0 aliphatic rings. The molecule has 0 unspecified atom stereocenters. The third-order valence-electron chi connectivity index (χ3n) is 3.35. The van der Waals surface area contributed by atoms with Crippen LogP contribution >= 0.6 is 11.6 Å². The first-order valence-electron chi connectivity index (χ1n) is 7.33. The average molecular weight is 382 g/mol. The van der Waals surface area contributed by atoms with Gasteiger partial charge in [-0.3, -0.25) is 4.79 Å². The molecule has 1 N–H and O–H groups in total. The van der Waals surface area contributed by atoms with Gasteiger partial charge in [0.2, 0.25) is 11.7 Å². The van der Waals surface area contributed by atoms with Crippen LogP contribution in [0.4, 0.5) is 18.9 Å². The minimum Gasteiger partial charge on any atom is -0.323 e. The zero-order valence-corrected chi connectivity index (χ0v) is 13.8. The first-order chi connectivity index (χ1) is 12.3. The van der Waals surface area contributed by atoms with Crippen molar-refractivity contribution in [1.82, 2.24) is 20.2 Å². The van der Waals surface area contributed by atoms with Crippen molar-refractivity contribution in [3.63, 3.8) is 0 Å². The molecule has 0 aliphatic carbocycles. The number of hydrogen-bond donors (Lipinski definition) is 1. The molecule has 0 saturated carbocycles. The normalized spacial score (nSPS) is 11.4. The van der Waals surface area contributed by atoms with Gasteiger partial charge in [-0.25, -0.2) is 0 Å². The lowest BCUT2D eigenvalue weighted by molar-refractivity contribution is -0.137. The number of anilines is 1. The smallest absolute Gasteiger partial charge is 0.323 e. The topological polar surface area (TPSA) is 72.7 Å². The molecule has 0 bridgehead atoms. The number of rotatable bonds is 4. The number of alkyl halides is 3. The quantitative estimate of drug-likeness (QED) is 0.748. The van der Waals surface area contributed by atoms with E-state index in [-0.39, 0.29) is 5.02 Å². The van der Waals surface area contributed by atoms with Crippen molar-refractivity contribution in [2.24, 2.45) is 0 Å². The first-order valence-corrected chi connectivity index (χ1v) is 7.71. The number of aromatic nitrogens is 4. The fourth-order valence-corrected chi connectivity index (χ4v) is 2.43. The lowest BCUT2D eigenvalue weighted by atomic mass is 10.1. The highest BCUT2D eigenvalue weighted by Crippen LogP contribution is 2.38. The molecule has 0 spiro atoms. The summed E-state index contributed by atoms with van der Waals surface area (Å²) in [5, 5.41) is 13.5. The van der Waals surface area contributed by atoms with Crippen molar-refractivity contribution < 1.29 is 18.0 Å². The zero-order valence-electron chi connectivity index (χ0n) is 13.0. The third-order valence-corrected chi connectivity index (χ3v) is 3.67. The van der Waals surface area contributed by atoms with E-state index >= 15 is 0 Å². The lowest BCUT2D eigenvalue weighted by Gasteiger charge is -2.14. The summed E-state index contributed by atoms with van der Waals surface area (Å²) >= 11 is 5.80. The molecule has 3 rings (SSSR count). The van der Waals surface area contributed by atoms with Gasteiger partial charge in [-0.15, -0.1) is 10.2 Å². The van der Waals surface area contributed by atoms with Crippen molar-refractivity contribution in [2.45, 2.75) is 12.7 Å². The van der Waals surface area contributed by atoms with Gasteiger partial charge in [0.25, 0.3) is 0 Å². The van der Waals surface area contributed by atoms with E-state index < -0.39 is 29.9 Å². The van der Waals surface area contributed by atoms with Crippen molar-refractivity contribution in [3.8, 4) is 11.4 Å². The monoisotopic (exact) mass is 381 g/mol. The molecule has 26 heavy (non-hydrogen) atoms. The van der Waals surface area contributed by atoms with Gasteiger partial charge in [0.15, 0.2) is 0 Å². The highest BCUT2D eigenvalue weighted by Gasteiger charge is 2.34. The van der Waals surface area contributed by atoms with Gasteiger partial charge in [0.1, 0.15) is 6.54 Å². The Bertz CT molecular complexity index is 927. The van der Waals surface area contributed by atoms with Gasteiger partial charge >= 0.3 is 6.18 Å². The number of nitrogens with one attached hydrogen (secondary N) is 1. The van der Waals surface area contributed by atoms with Crippen molar-refractivity contribution in [2.75, 3.05) is 5.32 Å². The molecule has 0 fully saturated rings. The Morgan fingerprint density at radius 1 is 1.12 bits per heavy atom. The SMILES string of the molecule is O=C(Cn1nnc(-c2ccccc2)n1)Nc1c(Cl)cccc1C(F)(F)F. The molecule has 0 atom stereocenters. The van der Waals surface area contributed by atoms with E-state index in [1.165, 1.54) is 6.07 Å². The number of para-hydroxylation sites is 1. The molecule has 1 amide bonds. The number of halogens is 4. The molecule has 1 aromatic heterocycles. The Labute approximate surface area is 150 Å². The highest BCUT2D eigenvalue weighted by molar-refractivity contribution is 6.34. The van der Waals surface area contributed by atoms with Crippen molar-refractivity contribution in [1.29, 1.82) is 0 Å². The van der Waals surface area contributed by atoms with E-state index in [0.29, 0.717) is 11.4 Å². The first kappa shape index (κ1) is 17.9. The fraction of sp³-hybridized carbons (Fsp3) is 0.125. The molecular formula is C16H11ClF3N5O. The van der Waals surface area contributed by atoms with Crippen LogP contribution in [-0.2, 0) is 17.5 Å². The number of amides is 1. The summed E-state index contributed by atoms with van der Waals surface area (Å²) in [6.45, 7) is -0.414. The molecule has 1 heterocycles. The molecule has 0 saturated heterocycles. The fourth-order valence-electron chi connectivity index (χ4n) is 2.21. The second kappa shape index (κ2) is 7.12. The molecule has 0 radical (unpaired) electrons. The van der Waals surface area contributed by atoms with Crippen molar-refractivity contribution in [3.05, 3.63) is 59.1 Å². The maximum atomic E-state index is 13.0. The van der Waals surface area contributed by atoms with Crippen LogP contribution in [0.25, 0.3) is 11.4 Å². The van der Waals surface area contributed by atoms with Gasteiger partial charge in [0, 0.05) is 5.56 Å². The van der Waals surface area contributed by atoms with Crippen LogP contribution < -0.4 is 5.32 Å². The Hall–Kier alpha value is -2.94. The molecule has 0 aliphatic heterocycles. The summed E-state index contributed by atoms with van der Waals surface area (Å²) in [6.07, 6.45) is -4.65. The Kier molecular flexibility index (Phi) is 4.90. The Balaban J connectivity index is 1.76. The molecule has 6 nitrogen and oxygen atoms in total. The second-order valence-corrected chi connectivity index (χ2v) is 5.63. The summed E-state index contributed by atoms with van der Waals surface area (Å²) in [5.74, 6) is -0.465. The predicted octanol–water partition coefficient (Wildman–Crippen LogP) is 3.65. The minimum absolute atomic E-state index is 0.218. The summed E-state index contributed by atoms with van der Waals surface area (Å²) in [7, 11) is 0. The number of carbonyl (C=O) groups excluding carboxylic acids is 1. The van der Waals surface area contributed by atoms with E-state index in [1.807, 2.05) is 6.07 Å². The van der Waals surface area contributed by atoms with E-state index in [4.69, 9.17) is 11.6 Å². The number of benzene rings is 2. The van der Waals surface area contributed by atoms with Gasteiger partial charge in [0.05, 0.1) is 16.3 Å². The maximum Gasteiger partial charge on any atom is 0.418 e. The van der Waals surface area contributed by atoms with E-state index in [2.05, 4.69) is 20.7 Å². The van der Waals surface area contributed by atoms with E-state index in [1.54, 1.807) is 24.3 Å². The Morgan fingerprint density at radius 2 is 1.85 bits per heavy atom. The van der Waals surface area contributed by atoms with Crippen molar-refractivity contribution >= 4 is 23.2 Å². The maximum absolute atomic E-state index is 13.0. The standard InChI is InChI=1S/C16H11ClF3N5O/c17-12-8-4-7-11(16(18,19)20)14(12)21-13(26)9-25-23-15(22-24-25)10-5-2-1-3-6-10/h1-8H,9H2,(H,21,26). The summed E-state index contributed by atoms with van der Waals surface area (Å²) in [6, 6.07) is 12.2. The largest absolute Gasteiger partial charge is 0.418 e. The summed E-state index contributed by atoms with van der Waals surface area (Å²) in [4.78, 5) is 13.1. The highest BCUT2D eigenvalue weighted by atomic mass is 35.5. The summed E-state index contributed by atoms with van der Waals surface area (Å²) in [5.41, 5.74) is -0.838. The van der Waals surface area contributed by atoms with Crippen LogP contribution in [0, 0.1) is 0 Å². The van der Waals surface area contributed by atoms with E-state index in [9.17, 15) is 18.0 Å². The zero-order chi connectivity index (χ0) is 18.7.